The first-order valence-electron chi connectivity index (χ1n) is 8.15. The van der Waals surface area contributed by atoms with E-state index in [4.69, 9.17) is 0 Å². The summed E-state index contributed by atoms with van der Waals surface area (Å²) in [6.45, 7) is 3.67. The Balaban J connectivity index is 1.77. The minimum absolute atomic E-state index is 0.0249. The monoisotopic (exact) mass is 345 g/mol. The molecular weight excluding hydrogens is 322 g/mol. The Morgan fingerprint density at radius 2 is 1.83 bits per heavy atom. The summed E-state index contributed by atoms with van der Waals surface area (Å²) in [6.07, 6.45) is 1.79. The molecule has 0 amide bonds. The van der Waals surface area contributed by atoms with Crippen LogP contribution in [0.4, 0.5) is 0 Å². The number of aryl methyl sites for hydroxylation is 3. The van der Waals surface area contributed by atoms with Crippen LogP contribution in [0.15, 0.2) is 47.4 Å². The summed E-state index contributed by atoms with van der Waals surface area (Å²) in [5.41, 5.74) is 2.89. The normalized spacial score (nSPS) is 20.6. The Labute approximate surface area is 143 Å². The predicted octanol–water partition coefficient (Wildman–Crippen LogP) is 2.50. The second-order valence-electron chi connectivity index (χ2n) is 6.76. The van der Waals surface area contributed by atoms with Crippen LogP contribution in [0.3, 0.4) is 0 Å². The summed E-state index contributed by atoms with van der Waals surface area (Å²) < 4.78 is 27.8. The third kappa shape index (κ3) is 3.53. The molecule has 2 aromatic carbocycles. The van der Waals surface area contributed by atoms with Crippen molar-refractivity contribution >= 4 is 10.0 Å². The second-order valence-corrected chi connectivity index (χ2v) is 8.50. The molecule has 0 aromatic heterocycles. The predicted molar refractivity (Wildman–Crippen MR) is 94.5 cm³/mol. The quantitative estimate of drug-likeness (QED) is 0.895. The van der Waals surface area contributed by atoms with Crippen LogP contribution in [-0.4, -0.2) is 25.7 Å². The summed E-state index contributed by atoms with van der Waals surface area (Å²) in [6, 6.07) is 13.4. The SMILES string of the molecule is Cc1ccc(C)c(S(=O)(=O)NCC2(O)CCc3ccccc3C2)c1. The lowest BCUT2D eigenvalue weighted by molar-refractivity contribution is 0.0317. The molecule has 0 radical (unpaired) electrons. The van der Waals surface area contributed by atoms with Gasteiger partial charge >= 0.3 is 0 Å². The van der Waals surface area contributed by atoms with Gasteiger partial charge in [0.15, 0.2) is 0 Å². The molecule has 0 bridgehead atoms. The molecule has 4 nitrogen and oxygen atoms in total. The van der Waals surface area contributed by atoms with E-state index >= 15 is 0 Å². The molecule has 0 heterocycles. The number of hydrogen-bond acceptors (Lipinski definition) is 3. The van der Waals surface area contributed by atoms with E-state index < -0.39 is 15.6 Å². The number of aliphatic hydroxyl groups is 1. The third-order valence-electron chi connectivity index (χ3n) is 4.72. The van der Waals surface area contributed by atoms with E-state index in [1.807, 2.05) is 31.2 Å². The number of fused-ring (bicyclic) bond motifs is 1. The Morgan fingerprint density at radius 3 is 2.58 bits per heavy atom. The lowest BCUT2D eigenvalue weighted by atomic mass is 9.80. The van der Waals surface area contributed by atoms with Gasteiger partial charge in [-0.25, -0.2) is 13.1 Å². The van der Waals surface area contributed by atoms with Crippen LogP contribution < -0.4 is 4.72 Å². The van der Waals surface area contributed by atoms with Crippen LogP contribution in [0.1, 0.15) is 28.7 Å². The van der Waals surface area contributed by atoms with Crippen molar-refractivity contribution in [2.75, 3.05) is 6.54 Å². The number of hydrogen-bond donors (Lipinski definition) is 2. The maximum absolute atomic E-state index is 12.6. The van der Waals surface area contributed by atoms with Crippen LogP contribution in [0, 0.1) is 13.8 Å². The van der Waals surface area contributed by atoms with Gasteiger partial charge in [-0.1, -0.05) is 36.4 Å². The van der Waals surface area contributed by atoms with Gasteiger partial charge in [-0.15, -0.1) is 0 Å². The van der Waals surface area contributed by atoms with Gasteiger partial charge in [-0.3, -0.25) is 0 Å². The molecule has 3 rings (SSSR count). The summed E-state index contributed by atoms with van der Waals surface area (Å²) >= 11 is 0. The molecule has 0 aliphatic heterocycles. The molecule has 1 aliphatic carbocycles. The molecule has 128 valence electrons. The Morgan fingerprint density at radius 1 is 1.12 bits per heavy atom. The zero-order valence-corrected chi connectivity index (χ0v) is 14.9. The van der Waals surface area contributed by atoms with E-state index in [1.54, 1.807) is 19.1 Å². The fraction of sp³-hybridized carbons (Fsp3) is 0.368. The van der Waals surface area contributed by atoms with Crippen LogP contribution in [0.2, 0.25) is 0 Å². The van der Waals surface area contributed by atoms with E-state index in [-0.39, 0.29) is 11.4 Å². The van der Waals surface area contributed by atoms with Crippen molar-refractivity contribution in [3.8, 4) is 0 Å². The van der Waals surface area contributed by atoms with Crippen molar-refractivity contribution < 1.29 is 13.5 Å². The van der Waals surface area contributed by atoms with E-state index in [2.05, 4.69) is 10.8 Å². The Bertz CT molecular complexity index is 861. The maximum Gasteiger partial charge on any atom is 0.240 e. The third-order valence-corrected chi connectivity index (χ3v) is 6.27. The highest BCUT2D eigenvalue weighted by atomic mass is 32.2. The van der Waals surface area contributed by atoms with E-state index in [0.717, 1.165) is 17.5 Å². The maximum atomic E-state index is 12.6. The number of benzene rings is 2. The molecule has 1 unspecified atom stereocenters. The van der Waals surface area contributed by atoms with Crippen molar-refractivity contribution in [1.29, 1.82) is 0 Å². The molecule has 5 heteroatoms. The van der Waals surface area contributed by atoms with E-state index in [0.29, 0.717) is 18.4 Å². The van der Waals surface area contributed by atoms with Gasteiger partial charge in [-0.05, 0) is 55.0 Å². The van der Waals surface area contributed by atoms with Gasteiger partial charge in [0.1, 0.15) is 0 Å². The number of sulfonamides is 1. The molecule has 0 fully saturated rings. The Kier molecular flexibility index (Phi) is 4.51. The van der Waals surface area contributed by atoms with Crippen LogP contribution in [0.25, 0.3) is 0 Å². The van der Waals surface area contributed by atoms with Gasteiger partial charge in [0.05, 0.1) is 10.5 Å². The van der Waals surface area contributed by atoms with E-state index in [9.17, 15) is 13.5 Å². The molecule has 0 saturated heterocycles. The first-order chi connectivity index (χ1) is 11.3. The minimum Gasteiger partial charge on any atom is -0.388 e. The minimum atomic E-state index is -3.64. The van der Waals surface area contributed by atoms with Gasteiger partial charge < -0.3 is 5.11 Å². The lowest BCUT2D eigenvalue weighted by Crippen LogP contribution is -2.46. The van der Waals surface area contributed by atoms with Crippen molar-refractivity contribution in [2.45, 2.75) is 43.6 Å². The highest BCUT2D eigenvalue weighted by molar-refractivity contribution is 7.89. The summed E-state index contributed by atoms with van der Waals surface area (Å²) in [7, 11) is -3.64. The molecule has 2 N–H and O–H groups in total. The zero-order valence-electron chi connectivity index (χ0n) is 14.0. The smallest absolute Gasteiger partial charge is 0.240 e. The average Bonchev–Trinajstić information content (AvgIpc) is 2.55. The van der Waals surface area contributed by atoms with Gasteiger partial charge in [-0.2, -0.15) is 0 Å². The van der Waals surface area contributed by atoms with Crippen molar-refractivity contribution in [2.24, 2.45) is 0 Å². The molecule has 24 heavy (non-hydrogen) atoms. The fourth-order valence-corrected chi connectivity index (χ4v) is 4.69. The molecule has 0 spiro atoms. The first kappa shape index (κ1) is 17.1. The van der Waals surface area contributed by atoms with Crippen LogP contribution >= 0.6 is 0 Å². The number of rotatable bonds is 4. The average molecular weight is 345 g/mol. The summed E-state index contributed by atoms with van der Waals surface area (Å²) in [4.78, 5) is 0.280. The first-order valence-corrected chi connectivity index (χ1v) is 9.64. The molecule has 2 aromatic rings. The summed E-state index contributed by atoms with van der Waals surface area (Å²) in [5.74, 6) is 0. The van der Waals surface area contributed by atoms with Crippen LogP contribution in [0.5, 0.6) is 0 Å². The zero-order chi connectivity index (χ0) is 17.4. The second kappa shape index (κ2) is 6.31. The highest BCUT2D eigenvalue weighted by Gasteiger charge is 2.33. The number of nitrogens with one attached hydrogen (secondary N) is 1. The van der Waals surface area contributed by atoms with Crippen molar-refractivity contribution in [3.63, 3.8) is 0 Å². The Hall–Kier alpha value is -1.69. The van der Waals surface area contributed by atoms with Gasteiger partial charge in [0.25, 0.3) is 0 Å². The van der Waals surface area contributed by atoms with Gasteiger partial charge in [0, 0.05) is 13.0 Å². The van der Waals surface area contributed by atoms with Crippen molar-refractivity contribution in [1.82, 2.24) is 4.72 Å². The van der Waals surface area contributed by atoms with Crippen molar-refractivity contribution in [3.05, 3.63) is 64.7 Å². The van der Waals surface area contributed by atoms with Crippen LogP contribution in [-0.2, 0) is 22.9 Å². The highest BCUT2D eigenvalue weighted by Crippen LogP contribution is 2.28. The largest absolute Gasteiger partial charge is 0.388 e. The van der Waals surface area contributed by atoms with Gasteiger partial charge in [0.2, 0.25) is 10.0 Å². The standard InChI is InChI=1S/C19H23NO3S/c1-14-7-8-15(2)18(11-14)24(22,23)20-13-19(21)10-9-16-5-3-4-6-17(16)12-19/h3-8,11,20-21H,9-10,12-13H2,1-2H3. The molecule has 1 aliphatic rings. The lowest BCUT2D eigenvalue weighted by Gasteiger charge is -2.33. The molecule has 1 atom stereocenters. The molecule has 0 saturated carbocycles. The fourth-order valence-electron chi connectivity index (χ4n) is 3.24. The van der Waals surface area contributed by atoms with E-state index in [1.165, 1.54) is 5.56 Å². The summed E-state index contributed by atoms with van der Waals surface area (Å²) in [5, 5.41) is 10.8. The molecular formula is C19H23NO3S. The topological polar surface area (TPSA) is 66.4 Å².